The number of fused-ring (bicyclic) bond motifs is 1. The molecule has 0 spiro atoms. The van der Waals surface area contributed by atoms with Gasteiger partial charge in [0.05, 0.1) is 22.9 Å². The van der Waals surface area contributed by atoms with E-state index in [1.54, 1.807) is 11.3 Å². The molecule has 1 N–H and O–H groups in total. The Balaban J connectivity index is 1.73. The summed E-state index contributed by atoms with van der Waals surface area (Å²) in [4.78, 5) is 4.67. The average molecular weight is 292 g/mol. The molecule has 0 bridgehead atoms. The van der Waals surface area contributed by atoms with Gasteiger partial charge in [0.1, 0.15) is 5.01 Å². The van der Waals surface area contributed by atoms with Crippen LogP contribution >= 0.6 is 11.3 Å². The van der Waals surface area contributed by atoms with Gasteiger partial charge in [-0.2, -0.15) is 0 Å². The van der Waals surface area contributed by atoms with Crippen molar-refractivity contribution in [3.63, 3.8) is 0 Å². The van der Waals surface area contributed by atoms with Gasteiger partial charge < -0.3 is 10.1 Å². The highest BCUT2D eigenvalue weighted by atomic mass is 32.1. The zero-order valence-electron chi connectivity index (χ0n) is 12.6. The molecule has 0 fully saturated rings. The van der Waals surface area contributed by atoms with Crippen molar-refractivity contribution in [2.75, 3.05) is 19.8 Å². The number of ether oxygens (including phenoxy) is 1. The normalized spacial score (nSPS) is 13.2. The van der Waals surface area contributed by atoms with Gasteiger partial charge in [0.15, 0.2) is 0 Å². The lowest BCUT2D eigenvalue weighted by molar-refractivity contribution is 0.123. The van der Waals surface area contributed by atoms with Crippen molar-refractivity contribution >= 4 is 21.6 Å². The topological polar surface area (TPSA) is 34.1 Å². The molecule has 3 nitrogen and oxygen atoms in total. The molecular formula is C16H24N2OS. The number of benzene rings is 1. The van der Waals surface area contributed by atoms with Crippen LogP contribution in [-0.2, 0) is 4.74 Å². The van der Waals surface area contributed by atoms with Gasteiger partial charge in [-0.3, -0.25) is 0 Å². The van der Waals surface area contributed by atoms with E-state index in [4.69, 9.17) is 4.74 Å². The van der Waals surface area contributed by atoms with Crippen molar-refractivity contribution in [2.24, 2.45) is 5.92 Å². The molecule has 1 aromatic heterocycles. The summed E-state index contributed by atoms with van der Waals surface area (Å²) in [5.74, 6) is 0.713. The molecule has 2 aromatic rings. The lowest BCUT2D eigenvalue weighted by Gasteiger charge is -2.11. The zero-order valence-corrected chi connectivity index (χ0v) is 13.4. The fraction of sp³-hybridized carbons (Fsp3) is 0.562. The van der Waals surface area contributed by atoms with E-state index >= 15 is 0 Å². The third kappa shape index (κ3) is 4.54. The summed E-state index contributed by atoms with van der Waals surface area (Å²) in [5, 5.41) is 4.62. The predicted octanol–water partition coefficient (Wildman–Crippen LogP) is 4.01. The second-order valence-electron chi connectivity index (χ2n) is 5.49. The predicted molar refractivity (Wildman–Crippen MR) is 86.3 cm³/mol. The van der Waals surface area contributed by atoms with Crippen molar-refractivity contribution in [1.29, 1.82) is 0 Å². The fourth-order valence-corrected chi connectivity index (χ4v) is 2.93. The van der Waals surface area contributed by atoms with Crippen molar-refractivity contribution in [3.05, 3.63) is 29.3 Å². The van der Waals surface area contributed by atoms with E-state index in [1.807, 2.05) is 6.07 Å². The number of nitrogens with one attached hydrogen (secondary N) is 1. The van der Waals surface area contributed by atoms with Gasteiger partial charge in [-0.15, -0.1) is 11.3 Å². The van der Waals surface area contributed by atoms with E-state index in [2.05, 4.69) is 49.3 Å². The Labute approximate surface area is 125 Å². The molecule has 0 aliphatic carbocycles. The summed E-state index contributed by atoms with van der Waals surface area (Å²) >= 11 is 1.76. The summed E-state index contributed by atoms with van der Waals surface area (Å²) in [6.45, 7) is 9.09. The van der Waals surface area contributed by atoms with Crippen LogP contribution in [0.1, 0.15) is 38.2 Å². The van der Waals surface area contributed by atoms with Crippen molar-refractivity contribution < 1.29 is 4.74 Å². The van der Waals surface area contributed by atoms with E-state index in [9.17, 15) is 0 Å². The van der Waals surface area contributed by atoms with Crippen LogP contribution in [0.3, 0.4) is 0 Å². The summed E-state index contributed by atoms with van der Waals surface area (Å²) in [5.41, 5.74) is 1.09. The number of thiazole rings is 1. The van der Waals surface area contributed by atoms with Crippen molar-refractivity contribution in [2.45, 2.75) is 33.2 Å². The van der Waals surface area contributed by atoms with Gasteiger partial charge in [-0.05, 0) is 31.4 Å². The maximum Gasteiger partial charge on any atom is 0.111 e. The van der Waals surface area contributed by atoms with E-state index in [0.29, 0.717) is 5.92 Å². The van der Waals surface area contributed by atoms with E-state index in [1.165, 1.54) is 4.70 Å². The largest absolute Gasteiger partial charge is 0.380 e. The smallest absolute Gasteiger partial charge is 0.111 e. The molecule has 2 rings (SSSR count). The highest BCUT2D eigenvalue weighted by Crippen LogP contribution is 2.25. The van der Waals surface area contributed by atoms with Gasteiger partial charge in [-0.1, -0.05) is 26.0 Å². The van der Waals surface area contributed by atoms with E-state index in [-0.39, 0.29) is 6.04 Å². The first-order valence-corrected chi connectivity index (χ1v) is 8.15. The lowest BCUT2D eigenvalue weighted by Crippen LogP contribution is -2.23. The van der Waals surface area contributed by atoms with Crippen LogP contribution in [0.25, 0.3) is 10.2 Å². The number of para-hydroxylation sites is 1. The number of aromatic nitrogens is 1. The maximum absolute atomic E-state index is 5.61. The number of rotatable bonds is 8. The van der Waals surface area contributed by atoms with Crippen LogP contribution in [-0.4, -0.2) is 24.7 Å². The lowest BCUT2D eigenvalue weighted by atomic mass is 10.1. The molecule has 20 heavy (non-hydrogen) atoms. The molecular weight excluding hydrogens is 268 g/mol. The van der Waals surface area contributed by atoms with E-state index < -0.39 is 0 Å². The molecule has 0 saturated carbocycles. The quantitative estimate of drug-likeness (QED) is 0.746. The third-order valence-corrected chi connectivity index (χ3v) is 4.44. The van der Waals surface area contributed by atoms with Crippen molar-refractivity contribution in [1.82, 2.24) is 10.3 Å². The summed E-state index contributed by atoms with van der Waals surface area (Å²) < 4.78 is 6.86. The highest BCUT2D eigenvalue weighted by Gasteiger charge is 2.10. The van der Waals surface area contributed by atoms with Gasteiger partial charge in [-0.25, -0.2) is 4.98 Å². The molecule has 0 aliphatic rings. The molecule has 0 amide bonds. The van der Waals surface area contributed by atoms with Gasteiger partial charge in [0, 0.05) is 13.2 Å². The molecule has 0 saturated heterocycles. The number of hydrogen-bond donors (Lipinski definition) is 1. The standard InChI is InChI=1S/C16H24N2OS/c1-12(2)8-10-19-11-9-17-13(3)16-18-14-6-4-5-7-15(14)20-16/h4-7,12-13,17H,8-11H2,1-3H3. The van der Waals surface area contributed by atoms with E-state index in [0.717, 1.165) is 36.7 Å². The fourth-order valence-electron chi connectivity index (χ4n) is 1.93. The Bertz CT molecular complexity index is 491. The Morgan fingerprint density at radius 2 is 2.00 bits per heavy atom. The second kappa shape index (κ2) is 7.72. The Kier molecular flexibility index (Phi) is 5.95. The minimum atomic E-state index is 0.279. The number of nitrogens with zero attached hydrogens (tertiary/aromatic N) is 1. The van der Waals surface area contributed by atoms with Crippen LogP contribution in [0.15, 0.2) is 24.3 Å². The molecule has 0 aliphatic heterocycles. The Hall–Kier alpha value is -0.970. The van der Waals surface area contributed by atoms with Crippen LogP contribution in [0.5, 0.6) is 0 Å². The first kappa shape index (κ1) is 15.4. The molecule has 1 unspecified atom stereocenters. The minimum absolute atomic E-state index is 0.279. The first-order valence-electron chi connectivity index (χ1n) is 7.33. The molecule has 0 radical (unpaired) electrons. The first-order chi connectivity index (χ1) is 9.66. The molecule has 110 valence electrons. The van der Waals surface area contributed by atoms with Gasteiger partial charge in [0.2, 0.25) is 0 Å². The zero-order chi connectivity index (χ0) is 14.4. The molecule has 1 atom stereocenters. The van der Waals surface area contributed by atoms with Gasteiger partial charge >= 0.3 is 0 Å². The molecule has 4 heteroatoms. The van der Waals surface area contributed by atoms with Crippen molar-refractivity contribution in [3.8, 4) is 0 Å². The Morgan fingerprint density at radius 3 is 2.75 bits per heavy atom. The third-order valence-electron chi connectivity index (χ3n) is 3.22. The van der Waals surface area contributed by atoms with Crippen LogP contribution in [0.4, 0.5) is 0 Å². The summed E-state index contributed by atoms with van der Waals surface area (Å²) in [6, 6.07) is 8.56. The SMILES string of the molecule is CC(C)CCOCCNC(C)c1nc2ccccc2s1. The monoisotopic (exact) mass is 292 g/mol. The van der Waals surface area contributed by atoms with Gasteiger partial charge in [0.25, 0.3) is 0 Å². The van der Waals surface area contributed by atoms with Crippen LogP contribution in [0.2, 0.25) is 0 Å². The molecule has 1 aromatic carbocycles. The maximum atomic E-state index is 5.61. The summed E-state index contributed by atoms with van der Waals surface area (Å²) in [7, 11) is 0. The molecule has 1 heterocycles. The minimum Gasteiger partial charge on any atom is -0.380 e. The highest BCUT2D eigenvalue weighted by molar-refractivity contribution is 7.18. The second-order valence-corrected chi connectivity index (χ2v) is 6.55. The average Bonchev–Trinajstić information content (AvgIpc) is 2.86. The Morgan fingerprint density at radius 1 is 1.20 bits per heavy atom. The van der Waals surface area contributed by atoms with Crippen LogP contribution < -0.4 is 5.32 Å². The number of hydrogen-bond acceptors (Lipinski definition) is 4. The van der Waals surface area contributed by atoms with Crippen LogP contribution in [0, 0.1) is 5.92 Å². The summed E-state index contributed by atoms with van der Waals surface area (Å²) in [6.07, 6.45) is 1.13.